The summed E-state index contributed by atoms with van der Waals surface area (Å²) in [5.74, 6) is 0. The highest BCUT2D eigenvalue weighted by atomic mass is 19.1. The van der Waals surface area contributed by atoms with Gasteiger partial charge in [-0.15, -0.1) is 6.58 Å². The van der Waals surface area contributed by atoms with Crippen LogP contribution in [0.15, 0.2) is 43.0 Å². The van der Waals surface area contributed by atoms with Crippen LogP contribution in [0.25, 0.3) is 0 Å². The van der Waals surface area contributed by atoms with Crippen molar-refractivity contribution in [3.05, 3.63) is 48.6 Å². The maximum absolute atomic E-state index is 12.4. The minimum atomic E-state index is -1.06. The third kappa shape index (κ3) is 5.11. The van der Waals surface area contributed by atoms with Crippen molar-refractivity contribution < 1.29 is 14.2 Å². The van der Waals surface area contributed by atoms with Crippen LogP contribution in [-0.4, -0.2) is 24.0 Å². The highest BCUT2D eigenvalue weighted by molar-refractivity contribution is 5.13. The van der Waals surface area contributed by atoms with Gasteiger partial charge in [-0.3, -0.25) is 0 Å². The van der Waals surface area contributed by atoms with E-state index < -0.39 is 18.9 Å². The summed E-state index contributed by atoms with van der Waals surface area (Å²) in [6.07, 6.45) is 1.50. The zero-order valence-electron chi connectivity index (χ0n) is 9.89. The van der Waals surface area contributed by atoms with Crippen LogP contribution >= 0.6 is 0 Å². The van der Waals surface area contributed by atoms with Gasteiger partial charge in [0.25, 0.3) is 0 Å². The minimum Gasteiger partial charge on any atom is -0.388 e. The van der Waals surface area contributed by atoms with Crippen LogP contribution in [0.3, 0.4) is 0 Å². The van der Waals surface area contributed by atoms with Crippen molar-refractivity contribution in [3.63, 3.8) is 0 Å². The Balaban J connectivity index is 2.45. The predicted octanol–water partition coefficient (Wildman–Crippen LogP) is 2.87. The molecule has 2 unspecified atom stereocenters. The van der Waals surface area contributed by atoms with E-state index >= 15 is 0 Å². The van der Waals surface area contributed by atoms with Gasteiger partial charge >= 0.3 is 0 Å². The summed E-state index contributed by atoms with van der Waals surface area (Å²) >= 11 is 0. The summed E-state index contributed by atoms with van der Waals surface area (Å²) in [4.78, 5) is 0. The van der Waals surface area contributed by atoms with Crippen molar-refractivity contribution in [1.29, 1.82) is 0 Å². The molecule has 0 radical (unpaired) electrons. The Morgan fingerprint density at radius 1 is 1.35 bits per heavy atom. The number of halogens is 1. The third-order valence-electron chi connectivity index (χ3n) is 2.55. The molecule has 1 N–H and O–H groups in total. The highest BCUT2D eigenvalue weighted by Crippen LogP contribution is 2.12. The van der Waals surface area contributed by atoms with Crippen molar-refractivity contribution in [2.24, 2.45) is 0 Å². The molecule has 3 heteroatoms. The first-order valence-electron chi connectivity index (χ1n) is 5.78. The number of ether oxygens (including phenoxy) is 1. The lowest BCUT2D eigenvalue weighted by Crippen LogP contribution is -2.30. The molecule has 0 amide bonds. The van der Waals surface area contributed by atoms with E-state index in [1.165, 1.54) is 0 Å². The van der Waals surface area contributed by atoms with Crippen LogP contribution in [0, 0.1) is 0 Å². The number of rotatable bonds is 8. The molecular weight excluding hydrogens is 219 g/mol. The standard InChI is InChI=1S/C14H19FO2/c1-2-3-9-14(13(16)10-15)17-11-12-7-5-4-6-8-12/h2,4-8,13-14,16H,1,3,9-11H2. The van der Waals surface area contributed by atoms with Gasteiger partial charge in [-0.2, -0.15) is 0 Å². The molecule has 17 heavy (non-hydrogen) atoms. The van der Waals surface area contributed by atoms with E-state index in [2.05, 4.69) is 6.58 Å². The van der Waals surface area contributed by atoms with E-state index in [-0.39, 0.29) is 0 Å². The smallest absolute Gasteiger partial charge is 0.118 e. The lowest BCUT2D eigenvalue weighted by molar-refractivity contribution is -0.0568. The molecule has 0 saturated heterocycles. The van der Waals surface area contributed by atoms with E-state index in [1.807, 2.05) is 30.3 Å². The Morgan fingerprint density at radius 3 is 2.65 bits per heavy atom. The van der Waals surface area contributed by atoms with Gasteiger partial charge < -0.3 is 9.84 Å². The molecule has 0 aliphatic carbocycles. The molecule has 1 rings (SSSR count). The van der Waals surface area contributed by atoms with Gasteiger partial charge in [-0.1, -0.05) is 36.4 Å². The lowest BCUT2D eigenvalue weighted by atomic mass is 10.1. The van der Waals surface area contributed by atoms with Crippen molar-refractivity contribution in [3.8, 4) is 0 Å². The van der Waals surface area contributed by atoms with Crippen LogP contribution in [0.4, 0.5) is 4.39 Å². The van der Waals surface area contributed by atoms with Gasteiger partial charge in [-0.05, 0) is 18.4 Å². The maximum Gasteiger partial charge on any atom is 0.118 e. The average Bonchev–Trinajstić information content (AvgIpc) is 2.39. The molecular formula is C14H19FO2. The van der Waals surface area contributed by atoms with Crippen LogP contribution in [0.2, 0.25) is 0 Å². The van der Waals surface area contributed by atoms with Crippen molar-refractivity contribution in [1.82, 2.24) is 0 Å². The summed E-state index contributed by atoms with van der Waals surface area (Å²) in [5, 5.41) is 9.49. The van der Waals surface area contributed by atoms with Gasteiger partial charge in [0.1, 0.15) is 12.8 Å². The molecule has 2 nitrogen and oxygen atoms in total. The molecule has 0 fully saturated rings. The molecule has 0 bridgehead atoms. The summed E-state index contributed by atoms with van der Waals surface area (Å²) in [6, 6.07) is 9.64. The Bertz CT molecular complexity index is 313. The van der Waals surface area contributed by atoms with Crippen LogP contribution in [-0.2, 0) is 11.3 Å². The number of alkyl halides is 1. The largest absolute Gasteiger partial charge is 0.388 e. The molecule has 0 aliphatic rings. The second kappa shape index (κ2) is 7.98. The molecule has 2 atom stereocenters. The summed E-state index contributed by atoms with van der Waals surface area (Å²) in [7, 11) is 0. The normalized spacial score (nSPS) is 14.2. The number of benzene rings is 1. The Hall–Kier alpha value is -1.19. The minimum absolute atomic E-state index is 0.389. The number of hydrogen-bond donors (Lipinski definition) is 1. The summed E-state index contributed by atoms with van der Waals surface area (Å²) in [5.41, 5.74) is 1.02. The van der Waals surface area contributed by atoms with E-state index in [0.29, 0.717) is 19.4 Å². The van der Waals surface area contributed by atoms with Gasteiger partial charge in [-0.25, -0.2) is 4.39 Å². The number of allylic oxidation sites excluding steroid dienone is 1. The van der Waals surface area contributed by atoms with E-state index in [1.54, 1.807) is 6.08 Å². The molecule has 0 saturated carbocycles. The first-order valence-corrected chi connectivity index (χ1v) is 5.78. The van der Waals surface area contributed by atoms with E-state index in [0.717, 1.165) is 5.56 Å². The van der Waals surface area contributed by atoms with Gasteiger partial charge in [0, 0.05) is 0 Å². The topological polar surface area (TPSA) is 29.5 Å². The Labute approximate surface area is 102 Å². The summed E-state index contributed by atoms with van der Waals surface area (Å²) < 4.78 is 18.0. The number of hydrogen-bond acceptors (Lipinski definition) is 2. The molecule has 0 aliphatic heterocycles. The number of aliphatic hydroxyl groups excluding tert-OH is 1. The predicted molar refractivity (Wildman–Crippen MR) is 66.4 cm³/mol. The third-order valence-corrected chi connectivity index (χ3v) is 2.55. The van der Waals surface area contributed by atoms with Crippen LogP contribution in [0.1, 0.15) is 18.4 Å². The van der Waals surface area contributed by atoms with Crippen molar-refractivity contribution in [2.75, 3.05) is 6.67 Å². The quantitative estimate of drug-likeness (QED) is 0.706. The second-order valence-corrected chi connectivity index (χ2v) is 3.92. The molecule has 0 heterocycles. The second-order valence-electron chi connectivity index (χ2n) is 3.92. The Morgan fingerprint density at radius 2 is 2.06 bits per heavy atom. The van der Waals surface area contributed by atoms with E-state index in [9.17, 15) is 9.50 Å². The fourth-order valence-electron chi connectivity index (χ4n) is 1.55. The van der Waals surface area contributed by atoms with Gasteiger partial charge in [0.15, 0.2) is 0 Å². The SMILES string of the molecule is C=CCCC(OCc1ccccc1)C(O)CF. The van der Waals surface area contributed by atoms with Gasteiger partial charge in [0.05, 0.1) is 12.7 Å². The molecule has 94 valence electrons. The van der Waals surface area contributed by atoms with Crippen LogP contribution in [0.5, 0.6) is 0 Å². The fourth-order valence-corrected chi connectivity index (χ4v) is 1.55. The fraction of sp³-hybridized carbons (Fsp3) is 0.429. The number of aliphatic hydroxyl groups is 1. The zero-order chi connectivity index (χ0) is 12.5. The lowest BCUT2D eigenvalue weighted by Gasteiger charge is -2.21. The zero-order valence-corrected chi connectivity index (χ0v) is 9.89. The van der Waals surface area contributed by atoms with E-state index in [4.69, 9.17) is 4.74 Å². The molecule has 0 spiro atoms. The molecule has 1 aromatic carbocycles. The van der Waals surface area contributed by atoms with Crippen molar-refractivity contribution in [2.45, 2.75) is 31.7 Å². The highest BCUT2D eigenvalue weighted by Gasteiger charge is 2.18. The summed E-state index contributed by atoms with van der Waals surface area (Å²) in [6.45, 7) is 3.21. The first-order chi connectivity index (χ1) is 8.27. The van der Waals surface area contributed by atoms with Gasteiger partial charge in [0.2, 0.25) is 0 Å². The Kier molecular flexibility index (Phi) is 6.51. The maximum atomic E-state index is 12.4. The molecule has 0 aromatic heterocycles. The monoisotopic (exact) mass is 238 g/mol. The van der Waals surface area contributed by atoms with Crippen LogP contribution < -0.4 is 0 Å². The van der Waals surface area contributed by atoms with Crippen molar-refractivity contribution >= 4 is 0 Å². The molecule has 1 aromatic rings. The average molecular weight is 238 g/mol. The first kappa shape index (κ1) is 13.9.